The average Bonchev–Trinajstić information content (AvgIpc) is 2.04. The number of allylic oxidation sites excluding steroid dienone is 3. The lowest BCUT2D eigenvalue weighted by molar-refractivity contribution is 0.180. The second-order valence-electron chi connectivity index (χ2n) is 3.38. The molecule has 0 aliphatic carbocycles. The summed E-state index contributed by atoms with van der Waals surface area (Å²) in [4.78, 5) is 0. The highest BCUT2D eigenvalue weighted by molar-refractivity contribution is 5.85. The molecule has 0 spiro atoms. The van der Waals surface area contributed by atoms with E-state index in [4.69, 9.17) is 5.73 Å². The van der Waals surface area contributed by atoms with Crippen molar-refractivity contribution in [3.63, 3.8) is 0 Å². The van der Waals surface area contributed by atoms with E-state index in [9.17, 15) is 5.11 Å². The molecule has 14 heavy (non-hydrogen) atoms. The summed E-state index contributed by atoms with van der Waals surface area (Å²) in [7, 11) is 0. The molecule has 0 bridgehead atoms. The van der Waals surface area contributed by atoms with Gasteiger partial charge >= 0.3 is 0 Å². The molecule has 4 heteroatoms. The van der Waals surface area contributed by atoms with Crippen molar-refractivity contribution in [3.05, 3.63) is 22.9 Å². The average molecular weight is 219 g/mol. The number of rotatable bonds is 3. The molecule has 0 radical (unpaired) electrons. The maximum absolute atomic E-state index is 9.65. The molecule has 0 aromatic rings. The first kappa shape index (κ1) is 13.5. The van der Waals surface area contributed by atoms with Crippen molar-refractivity contribution in [3.8, 4) is 0 Å². The summed E-state index contributed by atoms with van der Waals surface area (Å²) in [6.45, 7) is 4.50. The summed E-state index contributed by atoms with van der Waals surface area (Å²) in [5, 5.41) is 12.6. The third kappa shape index (κ3) is 3.01. The van der Waals surface area contributed by atoms with Crippen LogP contribution in [0.2, 0.25) is 0 Å². The van der Waals surface area contributed by atoms with Gasteiger partial charge < -0.3 is 16.2 Å². The zero-order valence-electron chi connectivity index (χ0n) is 8.71. The van der Waals surface area contributed by atoms with Crippen LogP contribution in [-0.2, 0) is 0 Å². The molecule has 1 rings (SSSR count). The molecule has 1 heterocycles. The van der Waals surface area contributed by atoms with E-state index in [0.29, 0.717) is 6.54 Å². The lowest BCUT2D eigenvalue weighted by Crippen LogP contribution is -2.35. The lowest BCUT2D eigenvalue weighted by atomic mass is 9.98. The Morgan fingerprint density at radius 2 is 2.21 bits per heavy atom. The van der Waals surface area contributed by atoms with Crippen LogP contribution >= 0.6 is 12.4 Å². The van der Waals surface area contributed by atoms with Crippen molar-refractivity contribution < 1.29 is 5.11 Å². The molecule has 4 N–H and O–H groups in total. The van der Waals surface area contributed by atoms with E-state index in [2.05, 4.69) is 18.3 Å². The van der Waals surface area contributed by atoms with Crippen LogP contribution in [0.1, 0.15) is 26.7 Å². The Morgan fingerprint density at radius 1 is 1.57 bits per heavy atom. The van der Waals surface area contributed by atoms with Crippen molar-refractivity contribution in [1.29, 1.82) is 0 Å². The highest BCUT2D eigenvalue weighted by Crippen LogP contribution is 2.20. The molecule has 0 aromatic heterocycles. The molecule has 3 nitrogen and oxygen atoms in total. The number of halogens is 1. The van der Waals surface area contributed by atoms with E-state index in [-0.39, 0.29) is 12.4 Å². The third-order valence-electron chi connectivity index (χ3n) is 2.24. The van der Waals surface area contributed by atoms with E-state index in [0.717, 1.165) is 24.1 Å². The van der Waals surface area contributed by atoms with Gasteiger partial charge in [0.1, 0.15) is 6.23 Å². The second kappa shape index (κ2) is 6.06. The van der Waals surface area contributed by atoms with Gasteiger partial charge in [0.2, 0.25) is 0 Å². The Hall–Kier alpha value is -0.510. The van der Waals surface area contributed by atoms with Crippen molar-refractivity contribution >= 4 is 12.4 Å². The summed E-state index contributed by atoms with van der Waals surface area (Å²) in [6, 6.07) is 0. The predicted molar refractivity (Wildman–Crippen MR) is 61.1 cm³/mol. The predicted octanol–water partition coefficient (Wildman–Crippen LogP) is 1.29. The number of hydrogen-bond acceptors (Lipinski definition) is 3. The molecule has 1 atom stereocenters. The molecule has 0 saturated carbocycles. The molecule has 1 aliphatic heterocycles. The molecule has 1 aliphatic rings. The number of nitrogens with two attached hydrogens (primary N) is 1. The Labute approximate surface area is 91.5 Å². The second-order valence-corrected chi connectivity index (χ2v) is 3.38. The third-order valence-corrected chi connectivity index (χ3v) is 2.24. The van der Waals surface area contributed by atoms with Crippen LogP contribution in [0, 0.1) is 0 Å². The van der Waals surface area contributed by atoms with Gasteiger partial charge in [-0.05, 0) is 30.6 Å². The van der Waals surface area contributed by atoms with Gasteiger partial charge in [-0.25, -0.2) is 0 Å². The first-order valence-corrected chi connectivity index (χ1v) is 4.74. The van der Waals surface area contributed by atoms with Crippen LogP contribution < -0.4 is 11.1 Å². The van der Waals surface area contributed by atoms with Crippen molar-refractivity contribution in [2.45, 2.75) is 32.9 Å². The molecule has 0 saturated heterocycles. The van der Waals surface area contributed by atoms with Gasteiger partial charge in [0, 0.05) is 12.2 Å². The minimum atomic E-state index is -0.587. The zero-order chi connectivity index (χ0) is 9.84. The number of nitrogens with one attached hydrogen (secondary N) is 1. The fourth-order valence-electron chi connectivity index (χ4n) is 1.62. The fraction of sp³-hybridized carbons (Fsp3) is 0.600. The Bertz CT molecular complexity index is 249. The van der Waals surface area contributed by atoms with Crippen LogP contribution in [0.25, 0.3) is 0 Å². The quantitative estimate of drug-likeness (QED) is 0.669. The molecular weight excluding hydrogens is 200 g/mol. The zero-order valence-corrected chi connectivity index (χ0v) is 9.53. The van der Waals surface area contributed by atoms with Gasteiger partial charge in [-0.2, -0.15) is 0 Å². The maximum atomic E-state index is 9.65. The molecule has 82 valence electrons. The fourth-order valence-corrected chi connectivity index (χ4v) is 1.62. The van der Waals surface area contributed by atoms with Gasteiger partial charge in [0.05, 0.1) is 0 Å². The largest absolute Gasteiger partial charge is 0.370 e. The number of hydrogen-bond donors (Lipinski definition) is 3. The normalized spacial score (nSPS) is 21.1. The van der Waals surface area contributed by atoms with Crippen molar-refractivity contribution in [2.75, 3.05) is 6.54 Å². The SMILES string of the molecule is CCCC1=C(CN)C(O)NC(C)=C1.Cl. The maximum Gasteiger partial charge on any atom is 0.148 e. The van der Waals surface area contributed by atoms with E-state index >= 15 is 0 Å². The summed E-state index contributed by atoms with van der Waals surface area (Å²) in [5.41, 5.74) is 8.69. The molecule has 0 fully saturated rings. The van der Waals surface area contributed by atoms with Crippen LogP contribution in [0.5, 0.6) is 0 Å². The highest BCUT2D eigenvalue weighted by atomic mass is 35.5. The molecule has 0 aromatic carbocycles. The van der Waals surface area contributed by atoms with E-state index in [1.54, 1.807) is 0 Å². The number of dihydropyridines is 1. The number of aliphatic hydroxyl groups excluding tert-OH is 1. The topological polar surface area (TPSA) is 58.3 Å². The van der Waals surface area contributed by atoms with Gasteiger partial charge in [-0.1, -0.05) is 13.3 Å². The van der Waals surface area contributed by atoms with Crippen molar-refractivity contribution in [1.82, 2.24) is 5.32 Å². The van der Waals surface area contributed by atoms with E-state index in [1.165, 1.54) is 5.57 Å². The van der Waals surface area contributed by atoms with Crippen LogP contribution in [0.15, 0.2) is 22.9 Å². The van der Waals surface area contributed by atoms with Gasteiger partial charge in [0.15, 0.2) is 0 Å². The van der Waals surface area contributed by atoms with E-state index in [1.807, 2.05) is 6.92 Å². The van der Waals surface area contributed by atoms with Crippen LogP contribution in [0.4, 0.5) is 0 Å². The van der Waals surface area contributed by atoms with Gasteiger partial charge in [-0.3, -0.25) is 0 Å². The summed E-state index contributed by atoms with van der Waals surface area (Å²) in [6.07, 6.45) is 3.55. The highest BCUT2D eigenvalue weighted by Gasteiger charge is 2.17. The Morgan fingerprint density at radius 3 is 2.71 bits per heavy atom. The smallest absolute Gasteiger partial charge is 0.148 e. The van der Waals surface area contributed by atoms with Crippen molar-refractivity contribution in [2.24, 2.45) is 5.73 Å². The lowest BCUT2D eigenvalue weighted by Gasteiger charge is -2.24. The number of aliphatic hydroxyl groups is 1. The van der Waals surface area contributed by atoms with Gasteiger partial charge in [0.25, 0.3) is 0 Å². The summed E-state index contributed by atoms with van der Waals surface area (Å²) in [5.74, 6) is 0. The summed E-state index contributed by atoms with van der Waals surface area (Å²) < 4.78 is 0. The minimum absolute atomic E-state index is 0. The molecule has 0 amide bonds. The van der Waals surface area contributed by atoms with Crippen LogP contribution in [-0.4, -0.2) is 17.9 Å². The standard InChI is InChI=1S/C10H18N2O.ClH/c1-3-4-8-5-7(2)12-10(13)9(8)6-11;/h5,10,12-13H,3-4,6,11H2,1-2H3;1H. The van der Waals surface area contributed by atoms with Gasteiger partial charge in [-0.15, -0.1) is 12.4 Å². The first-order chi connectivity index (χ1) is 6.19. The molecule has 1 unspecified atom stereocenters. The van der Waals surface area contributed by atoms with E-state index < -0.39 is 6.23 Å². The Kier molecular flexibility index (Phi) is 5.84. The summed E-state index contributed by atoms with van der Waals surface area (Å²) >= 11 is 0. The van der Waals surface area contributed by atoms with Crippen LogP contribution in [0.3, 0.4) is 0 Å². The minimum Gasteiger partial charge on any atom is -0.370 e. The molecular formula is C10H19ClN2O. The first-order valence-electron chi connectivity index (χ1n) is 4.74. The monoisotopic (exact) mass is 218 g/mol. The Balaban J connectivity index is 0.00000169.